The highest BCUT2D eigenvalue weighted by Gasteiger charge is 2.23. The Labute approximate surface area is 124 Å². The van der Waals surface area contributed by atoms with Gasteiger partial charge in [0, 0.05) is 30.4 Å². The molecule has 0 radical (unpaired) electrons. The maximum absolute atomic E-state index is 12.0. The summed E-state index contributed by atoms with van der Waals surface area (Å²) in [6.45, 7) is 4.11. The normalized spacial score (nSPS) is 22.8. The minimum atomic E-state index is -0.482. The molecule has 1 fully saturated rings. The van der Waals surface area contributed by atoms with Crippen LogP contribution >= 0.6 is 0 Å². The zero-order valence-electron chi connectivity index (χ0n) is 12.2. The Balaban J connectivity index is 1.88. The number of primary amides is 1. The molecule has 2 rings (SSSR count). The molecule has 1 aliphatic heterocycles. The number of likely N-dealkylation sites (tertiary alicyclic amines) is 1. The third-order valence-electron chi connectivity index (χ3n) is 3.59. The number of nitrogens with one attached hydrogen (secondary N) is 1. The number of carbonyl (C=O) groups is 2. The highest BCUT2D eigenvalue weighted by Crippen LogP contribution is 2.15. The molecule has 2 atom stereocenters. The van der Waals surface area contributed by atoms with Crippen LogP contribution in [0.1, 0.15) is 23.7 Å². The number of piperidine rings is 1. The molecule has 0 spiro atoms. The second kappa shape index (κ2) is 6.69. The number of benzene rings is 1. The van der Waals surface area contributed by atoms with Crippen LogP contribution in [0.4, 0.5) is 5.69 Å². The van der Waals surface area contributed by atoms with Crippen LogP contribution in [-0.2, 0) is 4.79 Å². The summed E-state index contributed by atoms with van der Waals surface area (Å²) < 4.78 is 0. The average molecular weight is 290 g/mol. The molecular weight excluding hydrogens is 268 g/mol. The van der Waals surface area contributed by atoms with E-state index in [1.54, 1.807) is 24.3 Å². The average Bonchev–Trinajstić information content (AvgIpc) is 2.37. The van der Waals surface area contributed by atoms with Gasteiger partial charge in [0.1, 0.15) is 0 Å². The van der Waals surface area contributed by atoms with Crippen molar-refractivity contribution in [3.8, 4) is 0 Å². The molecule has 114 valence electrons. The fraction of sp³-hybridized carbons (Fsp3) is 0.467. The Morgan fingerprint density at radius 2 is 1.95 bits per heavy atom. The molecule has 1 aliphatic rings. The molecule has 2 unspecified atom stereocenters. The molecule has 1 aromatic carbocycles. The summed E-state index contributed by atoms with van der Waals surface area (Å²) in [5.74, 6) is -0.0521. The van der Waals surface area contributed by atoms with E-state index in [2.05, 4.69) is 17.1 Å². The molecule has 5 N–H and O–H groups in total. The van der Waals surface area contributed by atoms with Crippen molar-refractivity contribution in [2.75, 3.05) is 25.0 Å². The number of amides is 2. The summed E-state index contributed by atoms with van der Waals surface area (Å²) in [6, 6.07) is 6.66. The Kier molecular flexibility index (Phi) is 4.93. The maximum atomic E-state index is 12.0. The first-order chi connectivity index (χ1) is 9.94. The molecule has 1 saturated heterocycles. The fourth-order valence-corrected chi connectivity index (χ4v) is 2.76. The molecular formula is C15H22N4O2. The van der Waals surface area contributed by atoms with Crippen LogP contribution < -0.4 is 16.8 Å². The van der Waals surface area contributed by atoms with Crippen LogP contribution in [0.2, 0.25) is 0 Å². The quantitative estimate of drug-likeness (QED) is 0.746. The van der Waals surface area contributed by atoms with Crippen LogP contribution in [0.3, 0.4) is 0 Å². The van der Waals surface area contributed by atoms with Crippen molar-refractivity contribution in [2.45, 2.75) is 19.4 Å². The molecule has 0 aromatic heterocycles. The zero-order chi connectivity index (χ0) is 15.4. The van der Waals surface area contributed by atoms with E-state index in [1.165, 1.54) is 0 Å². The summed E-state index contributed by atoms with van der Waals surface area (Å²) in [7, 11) is 0. The van der Waals surface area contributed by atoms with Crippen molar-refractivity contribution in [1.29, 1.82) is 0 Å². The van der Waals surface area contributed by atoms with E-state index in [1.807, 2.05) is 0 Å². The summed E-state index contributed by atoms with van der Waals surface area (Å²) in [6.07, 6.45) is 1.01. The van der Waals surface area contributed by atoms with Crippen molar-refractivity contribution in [3.05, 3.63) is 29.8 Å². The van der Waals surface area contributed by atoms with Crippen molar-refractivity contribution >= 4 is 17.5 Å². The van der Waals surface area contributed by atoms with E-state index >= 15 is 0 Å². The van der Waals surface area contributed by atoms with Gasteiger partial charge in [0.15, 0.2) is 0 Å². The maximum Gasteiger partial charge on any atom is 0.248 e. The number of hydrogen-bond donors (Lipinski definition) is 3. The lowest BCUT2D eigenvalue weighted by Crippen LogP contribution is -2.48. The van der Waals surface area contributed by atoms with Crippen molar-refractivity contribution in [2.24, 2.45) is 17.4 Å². The molecule has 0 aliphatic carbocycles. The number of carbonyl (C=O) groups excluding carboxylic acids is 2. The second-order valence-electron chi connectivity index (χ2n) is 5.78. The summed E-state index contributed by atoms with van der Waals surface area (Å²) >= 11 is 0. The number of nitrogens with zero attached hydrogens (tertiary/aromatic N) is 1. The predicted molar refractivity (Wildman–Crippen MR) is 81.8 cm³/mol. The molecule has 6 nitrogen and oxygen atoms in total. The first-order valence-electron chi connectivity index (χ1n) is 7.11. The van der Waals surface area contributed by atoms with Gasteiger partial charge in [0.2, 0.25) is 11.8 Å². The minimum absolute atomic E-state index is 0.0804. The Morgan fingerprint density at radius 3 is 2.52 bits per heavy atom. The SMILES string of the molecule is CC1CC(N)CN(CC(=O)Nc2ccc(C(N)=O)cc2)C1. The van der Waals surface area contributed by atoms with Gasteiger partial charge in [-0.15, -0.1) is 0 Å². The van der Waals surface area contributed by atoms with E-state index in [0.29, 0.717) is 23.7 Å². The van der Waals surface area contributed by atoms with E-state index in [0.717, 1.165) is 19.5 Å². The van der Waals surface area contributed by atoms with E-state index in [4.69, 9.17) is 11.5 Å². The third-order valence-corrected chi connectivity index (χ3v) is 3.59. The molecule has 6 heteroatoms. The van der Waals surface area contributed by atoms with Gasteiger partial charge in [0.25, 0.3) is 0 Å². The van der Waals surface area contributed by atoms with Crippen molar-refractivity contribution in [3.63, 3.8) is 0 Å². The Hall–Kier alpha value is -1.92. The Bertz CT molecular complexity index is 505. The van der Waals surface area contributed by atoms with Crippen molar-refractivity contribution < 1.29 is 9.59 Å². The predicted octanol–water partition coefficient (Wildman–Crippen LogP) is 0.393. The van der Waals surface area contributed by atoms with Gasteiger partial charge >= 0.3 is 0 Å². The molecule has 1 aromatic rings. The van der Waals surface area contributed by atoms with Gasteiger partial charge < -0.3 is 16.8 Å². The van der Waals surface area contributed by atoms with Gasteiger partial charge in [-0.2, -0.15) is 0 Å². The molecule has 21 heavy (non-hydrogen) atoms. The summed E-state index contributed by atoms with van der Waals surface area (Å²) in [5.41, 5.74) is 12.2. The number of anilines is 1. The van der Waals surface area contributed by atoms with Crippen LogP contribution in [-0.4, -0.2) is 42.4 Å². The van der Waals surface area contributed by atoms with E-state index < -0.39 is 5.91 Å². The lowest BCUT2D eigenvalue weighted by atomic mass is 9.97. The molecule has 0 bridgehead atoms. The van der Waals surface area contributed by atoms with Crippen LogP contribution in [0, 0.1) is 5.92 Å². The van der Waals surface area contributed by atoms with Gasteiger partial charge in [-0.05, 0) is 36.6 Å². The van der Waals surface area contributed by atoms with E-state index in [-0.39, 0.29) is 11.9 Å². The number of rotatable bonds is 4. The minimum Gasteiger partial charge on any atom is -0.366 e. The highest BCUT2D eigenvalue weighted by atomic mass is 16.2. The third kappa shape index (κ3) is 4.54. The van der Waals surface area contributed by atoms with Gasteiger partial charge in [-0.1, -0.05) is 6.92 Å². The van der Waals surface area contributed by atoms with Crippen LogP contribution in [0.5, 0.6) is 0 Å². The fourth-order valence-electron chi connectivity index (χ4n) is 2.76. The first kappa shape index (κ1) is 15.5. The number of nitrogens with two attached hydrogens (primary N) is 2. The molecule has 1 heterocycles. The largest absolute Gasteiger partial charge is 0.366 e. The van der Waals surface area contributed by atoms with Crippen LogP contribution in [0.25, 0.3) is 0 Å². The Morgan fingerprint density at radius 1 is 1.29 bits per heavy atom. The lowest BCUT2D eigenvalue weighted by molar-refractivity contribution is -0.117. The number of hydrogen-bond acceptors (Lipinski definition) is 4. The first-order valence-corrected chi connectivity index (χ1v) is 7.11. The summed E-state index contributed by atoms with van der Waals surface area (Å²) in [4.78, 5) is 25.1. The topological polar surface area (TPSA) is 101 Å². The van der Waals surface area contributed by atoms with Gasteiger partial charge in [-0.3, -0.25) is 14.5 Å². The standard InChI is InChI=1S/C15H22N4O2/c1-10-6-12(16)8-19(7-10)9-14(20)18-13-4-2-11(3-5-13)15(17)21/h2-5,10,12H,6-9,16H2,1H3,(H2,17,21)(H,18,20). The van der Waals surface area contributed by atoms with Crippen LogP contribution in [0.15, 0.2) is 24.3 Å². The van der Waals surface area contributed by atoms with E-state index in [9.17, 15) is 9.59 Å². The van der Waals surface area contributed by atoms with Gasteiger partial charge in [0.05, 0.1) is 6.54 Å². The zero-order valence-corrected chi connectivity index (χ0v) is 12.2. The van der Waals surface area contributed by atoms with Crippen molar-refractivity contribution in [1.82, 2.24) is 4.90 Å². The smallest absolute Gasteiger partial charge is 0.248 e. The monoisotopic (exact) mass is 290 g/mol. The highest BCUT2D eigenvalue weighted by molar-refractivity contribution is 5.95. The second-order valence-corrected chi connectivity index (χ2v) is 5.78. The molecule has 0 saturated carbocycles. The molecule has 2 amide bonds. The summed E-state index contributed by atoms with van der Waals surface area (Å²) in [5, 5.41) is 2.81. The lowest BCUT2D eigenvalue weighted by Gasteiger charge is -2.34. The van der Waals surface area contributed by atoms with Gasteiger partial charge in [-0.25, -0.2) is 0 Å².